The molecule has 0 unspecified atom stereocenters. The van der Waals surface area contributed by atoms with Gasteiger partial charge in [-0.25, -0.2) is 18.5 Å². The van der Waals surface area contributed by atoms with Gasteiger partial charge in [-0.15, -0.1) is 0 Å². The molecule has 1 saturated heterocycles. The molecule has 0 radical (unpaired) electrons. The maximum absolute atomic E-state index is 14.1. The topological polar surface area (TPSA) is 76.0 Å². The van der Waals surface area contributed by atoms with Gasteiger partial charge in [0.1, 0.15) is 17.1 Å². The van der Waals surface area contributed by atoms with Crippen LogP contribution in [0.5, 0.6) is 0 Å². The van der Waals surface area contributed by atoms with Crippen molar-refractivity contribution in [2.24, 2.45) is 0 Å². The second-order valence-electron chi connectivity index (χ2n) is 9.32. The molecule has 9 heteroatoms. The highest BCUT2D eigenvalue weighted by atomic mass is 19.1. The Morgan fingerprint density at radius 2 is 1.67 bits per heavy atom. The van der Waals surface area contributed by atoms with Crippen molar-refractivity contribution in [1.82, 2.24) is 4.57 Å². The van der Waals surface area contributed by atoms with E-state index in [1.54, 1.807) is 20.8 Å². The molecular weight excluding hydrogens is 392 g/mol. The molecule has 0 saturated carbocycles. The van der Waals surface area contributed by atoms with Gasteiger partial charge >= 0.3 is 19.2 Å². The SMILES string of the molecule is COC(=O)c1c(B2OC(C)(C)C(C)(C)O2)c2ccc(F)cc2n1C(=O)OC(C)(C)C. The van der Waals surface area contributed by atoms with Gasteiger partial charge in [0.05, 0.1) is 23.8 Å². The molecule has 2 heterocycles. The molecular formula is C21H27BFNO6. The second-order valence-corrected chi connectivity index (χ2v) is 9.32. The zero-order chi connectivity index (χ0) is 22.6. The third-order valence-electron chi connectivity index (χ3n) is 5.41. The fourth-order valence-electron chi connectivity index (χ4n) is 3.28. The Morgan fingerprint density at radius 3 is 2.17 bits per heavy atom. The number of benzene rings is 1. The third kappa shape index (κ3) is 3.72. The smallest absolute Gasteiger partial charge is 0.464 e. The summed E-state index contributed by atoms with van der Waals surface area (Å²) in [5.41, 5.74) is -1.88. The van der Waals surface area contributed by atoms with E-state index in [1.165, 1.54) is 25.3 Å². The Labute approximate surface area is 175 Å². The Balaban J connectivity index is 2.32. The molecule has 0 N–H and O–H groups in total. The van der Waals surface area contributed by atoms with Gasteiger partial charge < -0.3 is 18.8 Å². The van der Waals surface area contributed by atoms with Gasteiger partial charge in [0.25, 0.3) is 0 Å². The number of nitrogens with zero attached hydrogens (tertiary/aromatic N) is 1. The third-order valence-corrected chi connectivity index (χ3v) is 5.41. The average Bonchev–Trinajstić information content (AvgIpc) is 3.02. The van der Waals surface area contributed by atoms with Crippen LogP contribution in [0.3, 0.4) is 0 Å². The maximum atomic E-state index is 14.1. The summed E-state index contributed by atoms with van der Waals surface area (Å²) in [6.45, 7) is 12.6. The predicted molar refractivity (Wildman–Crippen MR) is 111 cm³/mol. The van der Waals surface area contributed by atoms with Crippen LogP contribution >= 0.6 is 0 Å². The molecule has 1 aliphatic rings. The quantitative estimate of drug-likeness (QED) is 0.547. The number of methoxy groups -OCH3 is 1. The van der Waals surface area contributed by atoms with Gasteiger partial charge in [-0.05, 0) is 60.6 Å². The summed E-state index contributed by atoms with van der Waals surface area (Å²) in [6, 6.07) is 3.90. The number of ether oxygens (including phenoxy) is 2. The number of aromatic nitrogens is 1. The normalized spacial score (nSPS) is 18.0. The molecule has 7 nitrogen and oxygen atoms in total. The van der Waals surface area contributed by atoms with Crippen molar-refractivity contribution < 1.29 is 32.8 Å². The highest BCUT2D eigenvalue weighted by Gasteiger charge is 2.54. The number of fused-ring (bicyclic) bond motifs is 1. The van der Waals surface area contributed by atoms with Crippen molar-refractivity contribution in [2.75, 3.05) is 7.11 Å². The minimum atomic E-state index is -0.972. The zero-order valence-corrected chi connectivity index (χ0v) is 18.6. The first-order valence-corrected chi connectivity index (χ1v) is 9.70. The molecule has 3 rings (SSSR count). The highest BCUT2D eigenvalue weighted by Crippen LogP contribution is 2.38. The summed E-state index contributed by atoms with van der Waals surface area (Å²) in [4.78, 5) is 25.8. The van der Waals surface area contributed by atoms with Crippen molar-refractivity contribution in [1.29, 1.82) is 0 Å². The first-order valence-electron chi connectivity index (χ1n) is 9.70. The van der Waals surface area contributed by atoms with E-state index >= 15 is 0 Å². The lowest BCUT2D eigenvalue weighted by atomic mass is 9.76. The largest absolute Gasteiger partial charge is 0.497 e. The highest BCUT2D eigenvalue weighted by molar-refractivity contribution is 6.67. The molecule has 0 amide bonds. The van der Waals surface area contributed by atoms with Crippen LogP contribution in [0.4, 0.5) is 9.18 Å². The average molecular weight is 419 g/mol. The molecule has 1 fully saturated rings. The Kier molecular flexibility index (Phi) is 5.27. The summed E-state index contributed by atoms with van der Waals surface area (Å²) < 4.78 is 37.8. The van der Waals surface area contributed by atoms with Gasteiger partial charge in [-0.1, -0.05) is 6.07 Å². The zero-order valence-electron chi connectivity index (χ0n) is 18.6. The van der Waals surface area contributed by atoms with E-state index in [9.17, 15) is 14.0 Å². The van der Waals surface area contributed by atoms with E-state index in [-0.39, 0.29) is 11.2 Å². The van der Waals surface area contributed by atoms with E-state index in [4.69, 9.17) is 18.8 Å². The Hall–Kier alpha value is -2.39. The standard InChI is InChI=1S/C21H27BFNO6/c1-19(2,3)28-18(26)24-14-11-12(23)9-10-13(14)15(16(24)17(25)27-8)22-29-20(4,5)21(6,7)30-22/h9-11H,1-8H3. The monoisotopic (exact) mass is 419 g/mol. The number of hydrogen-bond donors (Lipinski definition) is 0. The summed E-state index contributed by atoms with van der Waals surface area (Å²) in [5, 5.41) is 0.432. The van der Waals surface area contributed by atoms with Crippen LogP contribution in [-0.4, -0.2) is 47.7 Å². The molecule has 0 bridgehead atoms. The van der Waals surface area contributed by atoms with Crippen LogP contribution in [0.2, 0.25) is 0 Å². The van der Waals surface area contributed by atoms with Crippen LogP contribution in [0, 0.1) is 5.82 Å². The molecule has 2 aromatic rings. The van der Waals surface area contributed by atoms with Crippen molar-refractivity contribution in [3.8, 4) is 0 Å². The number of halogens is 1. The van der Waals surface area contributed by atoms with Crippen LogP contribution in [0.25, 0.3) is 10.9 Å². The fraction of sp³-hybridized carbons (Fsp3) is 0.524. The minimum Gasteiger partial charge on any atom is -0.464 e. The van der Waals surface area contributed by atoms with Crippen molar-refractivity contribution in [3.05, 3.63) is 29.7 Å². The Bertz CT molecular complexity index is 1000. The van der Waals surface area contributed by atoms with E-state index in [1.807, 2.05) is 27.7 Å². The molecule has 30 heavy (non-hydrogen) atoms. The summed E-state index contributed by atoms with van der Waals surface area (Å²) in [5.74, 6) is -1.36. The fourth-order valence-corrected chi connectivity index (χ4v) is 3.28. The number of carbonyl (C=O) groups excluding carboxylic acids is 2. The van der Waals surface area contributed by atoms with E-state index in [2.05, 4.69) is 0 Å². The summed E-state index contributed by atoms with van der Waals surface area (Å²) >= 11 is 0. The van der Waals surface area contributed by atoms with Gasteiger partial charge in [0.2, 0.25) is 0 Å². The lowest BCUT2D eigenvalue weighted by Crippen LogP contribution is -2.41. The van der Waals surface area contributed by atoms with E-state index in [0.29, 0.717) is 10.8 Å². The predicted octanol–water partition coefficient (Wildman–Crippen LogP) is 3.65. The van der Waals surface area contributed by atoms with Gasteiger partial charge in [-0.2, -0.15) is 0 Å². The molecule has 1 aliphatic heterocycles. The molecule has 1 aromatic heterocycles. The lowest BCUT2D eigenvalue weighted by molar-refractivity contribution is 0.00578. The molecule has 0 atom stereocenters. The number of hydrogen-bond acceptors (Lipinski definition) is 6. The van der Waals surface area contributed by atoms with Gasteiger partial charge in [0, 0.05) is 10.8 Å². The van der Waals surface area contributed by atoms with Gasteiger partial charge in [0.15, 0.2) is 0 Å². The molecule has 0 aliphatic carbocycles. The number of esters is 1. The second kappa shape index (κ2) is 7.09. The first-order chi connectivity index (χ1) is 13.7. The minimum absolute atomic E-state index is 0.120. The van der Waals surface area contributed by atoms with Crippen LogP contribution < -0.4 is 5.46 Å². The summed E-state index contributed by atoms with van der Waals surface area (Å²) in [7, 11) is 0.231. The van der Waals surface area contributed by atoms with E-state index < -0.39 is 41.8 Å². The lowest BCUT2D eigenvalue weighted by Gasteiger charge is -2.32. The van der Waals surface area contributed by atoms with Crippen molar-refractivity contribution in [3.63, 3.8) is 0 Å². The number of rotatable bonds is 2. The van der Waals surface area contributed by atoms with Crippen LogP contribution in [-0.2, 0) is 18.8 Å². The van der Waals surface area contributed by atoms with Crippen molar-refractivity contribution in [2.45, 2.75) is 65.3 Å². The Morgan fingerprint density at radius 1 is 1.10 bits per heavy atom. The molecule has 1 aromatic carbocycles. The first kappa shape index (κ1) is 22.3. The van der Waals surface area contributed by atoms with Gasteiger partial charge in [-0.3, -0.25) is 0 Å². The van der Waals surface area contributed by atoms with E-state index in [0.717, 1.165) is 4.57 Å². The summed E-state index contributed by atoms with van der Waals surface area (Å²) in [6.07, 6.45) is -0.832. The van der Waals surface area contributed by atoms with Crippen LogP contribution in [0.15, 0.2) is 18.2 Å². The maximum Gasteiger partial charge on any atom is 0.497 e. The van der Waals surface area contributed by atoms with Crippen molar-refractivity contribution >= 4 is 35.5 Å². The van der Waals surface area contributed by atoms with Crippen LogP contribution in [0.1, 0.15) is 59.0 Å². The molecule has 162 valence electrons. The molecule has 0 spiro atoms. The number of carbonyl (C=O) groups is 2.